The Kier molecular flexibility index (Phi) is 4.45. The third-order valence-electron chi connectivity index (χ3n) is 4.80. The van der Waals surface area contributed by atoms with Crippen LogP contribution in [-0.4, -0.2) is 35.3 Å². The van der Waals surface area contributed by atoms with Crippen molar-refractivity contribution in [2.75, 3.05) is 11.9 Å². The van der Waals surface area contributed by atoms with Gasteiger partial charge in [-0.1, -0.05) is 12.8 Å². The number of hydrogen-bond donors (Lipinski definition) is 2. The van der Waals surface area contributed by atoms with Gasteiger partial charge in [0, 0.05) is 25.8 Å². The molecule has 0 bridgehead atoms. The lowest BCUT2D eigenvalue weighted by Crippen LogP contribution is -2.44. The Hall–Kier alpha value is -1.13. The fourth-order valence-corrected chi connectivity index (χ4v) is 3.34. The maximum atomic E-state index is 10.2. The molecule has 0 aliphatic heterocycles. The van der Waals surface area contributed by atoms with Gasteiger partial charge in [-0.25, -0.2) is 4.98 Å². The molecule has 2 unspecified atom stereocenters. The van der Waals surface area contributed by atoms with Gasteiger partial charge in [-0.15, -0.1) is 0 Å². The van der Waals surface area contributed by atoms with Crippen molar-refractivity contribution >= 4 is 5.82 Å². The van der Waals surface area contributed by atoms with Crippen molar-refractivity contribution in [1.29, 1.82) is 0 Å². The number of anilines is 1. The molecule has 1 heterocycles. The monoisotopic (exact) mass is 289 g/mol. The van der Waals surface area contributed by atoms with Crippen LogP contribution in [-0.2, 0) is 6.54 Å². The SMILES string of the molecule is Cc1cc(CNC2CC2)cnc1N(C)C1CCCCC1O. The highest BCUT2D eigenvalue weighted by Gasteiger charge is 2.28. The van der Waals surface area contributed by atoms with E-state index in [1.54, 1.807) is 0 Å². The summed E-state index contributed by atoms with van der Waals surface area (Å²) in [6, 6.07) is 3.16. The third kappa shape index (κ3) is 3.55. The molecule has 0 aromatic carbocycles. The third-order valence-corrected chi connectivity index (χ3v) is 4.80. The average molecular weight is 289 g/mol. The Morgan fingerprint density at radius 1 is 1.29 bits per heavy atom. The van der Waals surface area contributed by atoms with Crippen LogP contribution in [0.3, 0.4) is 0 Å². The van der Waals surface area contributed by atoms with Gasteiger partial charge in [0.05, 0.1) is 12.1 Å². The molecule has 0 saturated heterocycles. The fourth-order valence-electron chi connectivity index (χ4n) is 3.34. The Bertz CT molecular complexity index is 487. The molecule has 3 rings (SSSR count). The molecule has 2 fully saturated rings. The van der Waals surface area contributed by atoms with E-state index in [0.717, 1.165) is 37.7 Å². The quantitative estimate of drug-likeness (QED) is 0.874. The summed E-state index contributed by atoms with van der Waals surface area (Å²) in [6.07, 6.45) is 8.70. The lowest BCUT2D eigenvalue weighted by atomic mass is 9.91. The van der Waals surface area contributed by atoms with Crippen LogP contribution >= 0.6 is 0 Å². The largest absolute Gasteiger partial charge is 0.391 e. The van der Waals surface area contributed by atoms with E-state index in [1.165, 1.54) is 30.4 Å². The van der Waals surface area contributed by atoms with E-state index in [1.807, 2.05) is 6.20 Å². The van der Waals surface area contributed by atoms with Gasteiger partial charge in [0.2, 0.25) is 0 Å². The van der Waals surface area contributed by atoms with Crippen LogP contribution in [0.2, 0.25) is 0 Å². The molecule has 2 aliphatic rings. The van der Waals surface area contributed by atoms with Gasteiger partial charge in [0.1, 0.15) is 5.82 Å². The minimum atomic E-state index is -0.221. The number of aromatic nitrogens is 1. The van der Waals surface area contributed by atoms with Crippen molar-refractivity contribution in [3.63, 3.8) is 0 Å². The molecule has 116 valence electrons. The van der Waals surface area contributed by atoms with Crippen molar-refractivity contribution in [1.82, 2.24) is 10.3 Å². The number of aliphatic hydroxyl groups is 1. The van der Waals surface area contributed by atoms with E-state index in [-0.39, 0.29) is 12.1 Å². The minimum Gasteiger partial charge on any atom is -0.391 e. The molecule has 0 spiro atoms. The van der Waals surface area contributed by atoms with Gasteiger partial charge in [0.25, 0.3) is 0 Å². The first-order chi connectivity index (χ1) is 10.1. The molecular formula is C17H27N3O. The van der Waals surface area contributed by atoms with E-state index in [0.29, 0.717) is 0 Å². The summed E-state index contributed by atoms with van der Waals surface area (Å²) >= 11 is 0. The standard InChI is InChI=1S/C17H27N3O/c1-12-9-13(10-18-14-7-8-14)11-19-17(12)20(2)15-5-3-4-6-16(15)21/h9,11,14-16,18,21H,3-8,10H2,1-2H3. The number of aryl methyl sites for hydroxylation is 1. The summed E-state index contributed by atoms with van der Waals surface area (Å²) in [4.78, 5) is 6.84. The second-order valence-corrected chi connectivity index (χ2v) is 6.67. The number of rotatable bonds is 5. The fraction of sp³-hybridized carbons (Fsp3) is 0.706. The first-order valence-corrected chi connectivity index (χ1v) is 8.25. The van der Waals surface area contributed by atoms with Crippen LogP contribution in [0.5, 0.6) is 0 Å². The Morgan fingerprint density at radius 3 is 2.71 bits per heavy atom. The van der Waals surface area contributed by atoms with Gasteiger partial charge in [0.15, 0.2) is 0 Å². The summed E-state index contributed by atoms with van der Waals surface area (Å²) in [6.45, 7) is 3.03. The van der Waals surface area contributed by atoms with Crippen LogP contribution in [0.15, 0.2) is 12.3 Å². The molecule has 1 aromatic rings. The van der Waals surface area contributed by atoms with Crippen LogP contribution in [0.1, 0.15) is 49.7 Å². The molecule has 0 amide bonds. The van der Waals surface area contributed by atoms with E-state index >= 15 is 0 Å². The molecule has 21 heavy (non-hydrogen) atoms. The average Bonchev–Trinajstić information content (AvgIpc) is 3.29. The van der Waals surface area contributed by atoms with Gasteiger partial charge >= 0.3 is 0 Å². The number of hydrogen-bond acceptors (Lipinski definition) is 4. The molecule has 4 nitrogen and oxygen atoms in total. The smallest absolute Gasteiger partial charge is 0.131 e. The molecule has 2 N–H and O–H groups in total. The van der Waals surface area contributed by atoms with E-state index in [4.69, 9.17) is 0 Å². The molecular weight excluding hydrogens is 262 g/mol. The Balaban J connectivity index is 1.68. The van der Waals surface area contributed by atoms with Crippen molar-refractivity contribution in [2.24, 2.45) is 0 Å². The number of nitrogens with one attached hydrogen (secondary N) is 1. The normalized spacial score (nSPS) is 25.9. The van der Waals surface area contributed by atoms with Crippen LogP contribution in [0.4, 0.5) is 5.82 Å². The second kappa shape index (κ2) is 6.32. The molecule has 2 aliphatic carbocycles. The van der Waals surface area contributed by atoms with Crippen molar-refractivity contribution in [3.8, 4) is 0 Å². The van der Waals surface area contributed by atoms with E-state index in [9.17, 15) is 5.11 Å². The zero-order chi connectivity index (χ0) is 14.8. The van der Waals surface area contributed by atoms with Crippen molar-refractivity contribution < 1.29 is 5.11 Å². The molecule has 2 saturated carbocycles. The zero-order valence-electron chi connectivity index (χ0n) is 13.2. The molecule has 2 atom stereocenters. The number of likely N-dealkylation sites (N-methyl/N-ethyl adjacent to an activating group) is 1. The minimum absolute atomic E-state index is 0.209. The van der Waals surface area contributed by atoms with Crippen molar-refractivity contribution in [2.45, 2.75) is 70.2 Å². The molecule has 1 aromatic heterocycles. The van der Waals surface area contributed by atoms with Crippen molar-refractivity contribution in [3.05, 3.63) is 23.4 Å². The maximum absolute atomic E-state index is 10.2. The van der Waals surface area contributed by atoms with Gasteiger partial charge in [-0.05, 0) is 49.8 Å². The van der Waals surface area contributed by atoms with E-state index in [2.05, 4.69) is 35.2 Å². The first kappa shape index (κ1) is 14.8. The predicted molar refractivity (Wildman–Crippen MR) is 85.5 cm³/mol. The molecule has 4 heteroatoms. The summed E-state index contributed by atoms with van der Waals surface area (Å²) in [5.74, 6) is 1.01. The van der Waals surface area contributed by atoms with E-state index < -0.39 is 0 Å². The van der Waals surface area contributed by atoms with Gasteiger partial charge < -0.3 is 15.3 Å². The van der Waals surface area contributed by atoms with Gasteiger partial charge in [-0.3, -0.25) is 0 Å². The Labute approximate surface area is 127 Å². The summed E-state index contributed by atoms with van der Waals surface area (Å²) in [5, 5.41) is 13.7. The number of aliphatic hydroxyl groups excluding tert-OH is 1. The highest BCUT2D eigenvalue weighted by molar-refractivity contribution is 5.48. The highest BCUT2D eigenvalue weighted by atomic mass is 16.3. The summed E-state index contributed by atoms with van der Waals surface area (Å²) < 4.78 is 0. The summed E-state index contributed by atoms with van der Waals surface area (Å²) in [7, 11) is 2.07. The number of pyridine rings is 1. The Morgan fingerprint density at radius 2 is 2.05 bits per heavy atom. The highest BCUT2D eigenvalue weighted by Crippen LogP contribution is 2.27. The molecule has 0 radical (unpaired) electrons. The number of nitrogens with zero attached hydrogens (tertiary/aromatic N) is 2. The lowest BCUT2D eigenvalue weighted by Gasteiger charge is -2.36. The summed E-state index contributed by atoms with van der Waals surface area (Å²) in [5.41, 5.74) is 2.45. The maximum Gasteiger partial charge on any atom is 0.131 e. The zero-order valence-corrected chi connectivity index (χ0v) is 13.2. The predicted octanol–water partition coefficient (Wildman–Crippen LogP) is 2.38. The lowest BCUT2D eigenvalue weighted by molar-refractivity contribution is 0.106. The van der Waals surface area contributed by atoms with Crippen LogP contribution in [0, 0.1) is 6.92 Å². The first-order valence-electron chi connectivity index (χ1n) is 8.25. The van der Waals surface area contributed by atoms with Gasteiger partial charge in [-0.2, -0.15) is 0 Å². The van der Waals surface area contributed by atoms with Crippen LogP contribution in [0.25, 0.3) is 0 Å². The second-order valence-electron chi connectivity index (χ2n) is 6.67. The topological polar surface area (TPSA) is 48.4 Å². The van der Waals surface area contributed by atoms with Crippen LogP contribution < -0.4 is 10.2 Å².